The quantitative estimate of drug-likeness (QED) is 0.920. The summed E-state index contributed by atoms with van der Waals surface area (Å²) < 4.78 is 14.4. The van der Waals surface area contributed by atoms with Crippen molar-refractivity contribution in [3.05, 3.63) is 34.1 Å². The van der Waals surface area contributed by atoms with Gasteiger partial charge >= 0.3 is 0 Å². The minimum atomic E-state index is -0.135. The van der Waals surface area contributed by atoms with Crippen LogP contribution in [0.25, 0.3) is 0 Å². The summed E-state index contributed by atoms with van der Waals surface area (Å²) in [6, 6.07) is 5.07. The number of rotatable bonds is 4. The van der Waals surface area contributed by atoms with Crippen LogP contribution in [0.3, 0.4) is 0 Å². The number of hydrogen-bond donors (Lipinski definition) is 1. The Hall–Kier alpha value is -0.450. The first-order valence-electron chi connectivity index (χ1n) is 5.98. The number of nitrogens with zero attached hydrogens (tertiary/aromatic N) is 1. The van der Waals surface area contributed by atoms with Crippen molar-refractivity contribution in [3.8, 4) is 0 Å². The Morgan fingerprint density at radius 2 is 2.35 bits per heavy atom. The third kappa shape index (κ3) is 3.76. The van der Waals surface area contributed by atoms with Crippen LogP contribution >= 0.6 is 15.9 Å². The van der Waals surface area contributed by atoms with Crippen LogP contribution in [0, 0.1) is 11.7 Å². The van der Waals surface area contributed by atoms with Crippen LogP contribution in [0.15, 0.2) is 22.7 Å². The molecule has 1 atom stereocenters. The molecule has 0 aliphatic carbocycles. The molecule has 1 aromatic carbocycles. The molecule has 0 aromatic heterocycles. The summed E-state index contributed by atoms with van der Waals surface area (Å²) in [5.74, 6) is 0.569. The van der Waals surface area contributed by atoms with E-state index >= 15 is 0 Å². The molecule has 1 fully saturated rings. The van der Waals surface area contributed by atoms with Crippen LogP contribution in [-0.2, 0) is 6.54 Å². The average molecular weight is 301 g/mol. The smallest absolute Gasteiger partial charge is 0.127 e. The lowest BCUT2D eigenvalue weighted by Crippen LogP contribution is -2.25. The van der Waals surface area contributed by atoms with Crippen LogP contribution in [0.5, 0.6) is 0 Å². The number of hydrogen-bond acceptors (Lipinski definition) is 2. The molecule has 2 nitrogen and oxygen atoms in total. The van der Waals surface area contributed by atoms with Gasteiger partial charge in [0.1, 0.15) is 5.82 Å². The van der Waals surface area contributed by atoms with Gasteiger partial charge in [0.15, 0.2) is 0 Å². The monoisotopic (exact) mass is 300 g/mol. The summed E-state index contributed by atoms with van der Waals surface area (Å²) in [5, 5.41) is 3.34. The second-order valence-corrected chi connectivity index (χ2v) is 5.70. The maximum absolute atomic E-state index is 13.5. The Bertz CT molecular complexity index is 384. The van der Waals surface area contributed by atoms with Crippen LogP contribution in [0.4, 0.5) is 4.39 Å². The average Bonchev–Trinajstić information content (AvgIpc) is 2.69. The highest BCUT2D eigenvalue weighted by Crippen LogP contribution is 2.16. The minimum Gasteiger partial charge on any atom is -0.312 e. The van der Waals surface area contributed by atoms with E-state index in [2.05, 4.69) is 33.2 Å². The first-order chi connectivity index (χ1) is 8.15. The highest BCUT2D eigenvalue weighted by molar-refractivity contribution is 9.10. The highest BCUT2D eigenvalue weighted by atomic mass is 79.9. The van der Waals surface area contributed by atoms with E-state index in [1.165, 1.54) is 19.0 Å². The molecule has 1 saturated heterocycles. The van der Waals surface area contributed by atoms with E-state index in [1.807, 2.05) is 6.07 Å². The van der Waals surface area contributed by atoms with Gasteiger partial charge in [-0.05, 0) is 50.7 Å². The Morgan fingerprint density at radius 3 is 3.06 bits per heavy atom. The normalized spacial score (nSPS) is 21.0. The van der Waals surface area contributed by atoms with E-state index in [-0.39, 0.29) is 5.82 Å². The summed E-state index contributed by atoms with van der Waals surface area (Å²) in [6.07, 6.45) is 1.24. The van der Waals surface area contributed by atoms with Gasteiger partial charge in [0.05, 0.1) is 0 Å². The Morgan fingerprint density at radius 1 is 1.53 bits per heavy atom. The first kappa shape index (κ1) is 13.0. The van der Waals surface area contributed by atoms with Crippen LogP contribution in [0.1, 0.15) is 12.0 Å². The Balaban J connectivity index is 1.80. The van der Waals surface area contributed by atoms with Crippen LogP contribution in [-0.4, -0.2) is 31.6 Å². The minimum absolute atomic E-state index is 0.135. The maximum Gasteiger partial charge on any atom is 0.127 e. The fourth-order valence-electron chi connectivity index (χ4n) is 2.28. The molecule has 94 valence electrons. The summed E-state index contributed by atoms with van der Waals surface area (Å²) in [5.41, 5.74) is 0.728. The fraction of sp³-hybridized carbons (Fsp3) is 0.538. The van der Waals surface area contributed by atoms with Gasteiger partial charge in [0.2, 0.25) is 0 Å². The van der Waals surface area contributed by atoms with Crippen molar-refractivity contribution in [1.82, 2.24) is 10.2 Å². The van der Waals surface area contributed by atoms with Crippen molar-refractivity contribution < 1.29 is 4.39 Å². The van der Waals surface area contributed by atoms with Crippen LogP contribution in [0.2, 0.25) is 0 Å². The number of benzene rings is 1. The summed E-state index contributed by atoms with van der Waals surface area (Å²) in [6.45, 7) is 3.90. The lowest BCUT2D eigenvalue weighted by atomic mass is 10.1. The van der Waals surface area contributed by atoms with Crippen molar-refractivity contribution in [3.63, 3.8) is 0 Å². The van der Waals surface area contributed by atoms with Gasteiger partial charge in [-0.2, -0.15) is 0 Å². The molecule has 0 saturated carbocycles. The van der Waals surface area contributed by atoms with E-state index < -0.39 is 0 Å². The molecular formula is C13H18BrFN2. The van der Waals surface area contributed by atoms with E-state index in [1.54, 1.807) is 6.07 Å². The van der Waals surface area contributed by atoms with Crippen molar-refractivity contribution in [2.45, 2.75) is 13.0 Å². The first-order valence-corrected chi connectivity index (χ1v) is 6.77. The van der Waals surface area contributed by atoms with Crippen molar-refractivity contribution in [1.29, 1.82) is 0 Å². The molecular weight excluding hydrogens is 283 g/mol. The second kappa shape index (κ2) is 5.94. The third-order valence-electron chi connectivity index (χ3n) is 3.25. The van der Waals surface area contributed by atoms with Gasteiger partial charge in [-0.3, -0.25) is 0 Å². The second-order valence-electron chi connectivity index (χ2n) is 4.78. The summed E-state index contributed by atoms with van der Waals surface area (Å²) >= 11 is 3.36. The van der Waals surface area contributed by atoms with Gasteiger partial charge in [0, 0.05) is 23.1 Å². The predicted molar refractivity (Wildman–Crippen MR) is 71.4 cm³/mol. The lowest BCUT2D eigenvalue weighted by molar-refractivity contribution is 0.387. The molecule has 17 heavy (non-hydrogen) atoms. The van der Waals surface area contributed by atoms with Gasteiger partial charge in [-0.1, -0.05) is 15.9 Å². The molecule has 0 amide bonds. The molecule has 0 spiro atoms. The van der Waals surface area contributed by atoms with E-state index in [0.29, 0.717) is 12.5 Å². The van der Waals surface area contributed by atoms with Crippen LogP contribution < -0.4 is 5.32 Å². The van der Waals surface area contributed by atoms with Gasteiger partial charge in [-0.15, -0.1) is 0 Å². The molecule has 4 heteroatoms. The molecule has 1 aliphatic heterocycles. The molecule has 1 heterocycles. The van der Waals surface area contributed by atoms with E-state index in [0.717, 1.165) is 23.1 Å². The predicted octanol–water partition coefficient (Wildman–Crippen LogP) is 2.63. The zero-order chi connectivity index (χ0) is 12.3. The number of nitrogens with one attached hydrogen (secondary N) is 1. The molecule has 0 bridgehead atoms. The van der Waals surface area contributed by atoms with Gasteiger partial charge in [-0.25, -0.2) is 4.39 Å². The maximum atomic E-state index is 13.5. The number of likely N-dealkylation sites (tertiary alicyclic amines) is 1. The van der Waals surface area contributed by atoms with Crippen molar-refractivity contribution in [2.75, 3.05) is 26.7 Å². The third-order valence-corrected chi connectivity index (χ3v) is 3.74. The molecule has 0 radical (unpaired) electrons. The largest absolute Gasteiger partial charge is 0.312 e. The van der Waals surface area contributed by atoms with Crippen molar-refractivity contribution in [2.24, 2.45) is 5.92 Å². The van der Waals surface area contributed by atoms with E-state index in [9.17, 15) is 4.39 Å². The molecule has 1 unspecified atom stereocenters. The lowest BCUT2D eigenvalue weighted by Gasteiger charge is -2.12. The Labute approximate surface area is 110 Å². The zero-order valence-corrected chi connectivity index (χ0v) is 11.6. The topological polar surface area (TPSA) is 15.3 Å². The molecule has 2 rings (SSSR count). The Kier molecular flexibility index (Phi) is 4.54. The highest BCUT2D eigenvalue weighted by Gasteiger charge is 2.18. The molecule has 1 aliphatic rings. The van der Waals surface area contributed by atoms with E-state index in [4.69, 9.17) is 0 Å². The zero-order valence-electron chi connectivity index (χ0n) is 10.0. The molecule has 1 N–H and O–H groups in total. The standard InChI is InChI=1S/C13H18BrFN2/c1-17-5-4-10(9-17)7-16-8-11-6-12(14)2-3-13(11)15/h2-3,6,10,16H,4-5,7-9H2,1H3. The summed E-state index contributed by atoms with van der Waals surface area (Å²) in [7, 11) is 2.15. The van der Waals surface area contributed by atoms with Crippen molar-refractivity contribution >= 4 is 15.9 Å². The van der Waals surface area contributed by atoms with Gasteiger partial charge < -0.3 is 10.2 Å². The fourth-order valence-corrected chi connectivity index (χ4v) is 2.69. The summed E-state index contributed by atoms with van der Waals surface area (Å²) in [4.78, 5) is 2.34. The number of halogens is 2. The SMILES string of the molecule is CN1CCC(CNCc2cc(Br)ccc2F)C1. The van der Waals surface area contributed by atoms with Gasteiger partial charge in [0.25, 0.3) is 0 Å². The molecule has 1 aromatic rings.